The number of carbonyl (C=O) groups excluding carboxylic acids is 1. The van der Waals surface area contributed by atoms with Crippen LogP contribution >= 0.6 is 46.1 Å². The maximum Gasteiger partial charge on any atom is 0.286 e. The lowest BCUT2D eigenvalue weighted by Gasteiger charge is -2.19. The van der Waals surface area contributed by atoms with E-state index in [0.717, 1.165) is 47.6 Å². The molecule has 5 rings (SSSR count). The second-order valence-corrected chi connectivity index (χ2v) is 10.2. The van der Waals surface area contributed by atoms with E-state index in [2.05, 4.69) is 5.43 Å². The van der Waals surface area contributed by atoms with Gasteiger partial charge in [-0.05, 0) is 49.2 Å². The molecule has 0 spiro atoms. The Balaban J connectivity index is 1.64. The molecule has 2 aliphatic rings. The molecule has 0 bridgehead atoms. The van der Waals surface area contributed by atoms with Gasteiger partial charge < -0.3 is 4.74 Å². The van der Waals surface area contributed by atoms with Crippen LogP contribution in [0.1, 0.15) is 39.5 Å². The highest BCUT2D eigenvalue weighted by atomic mass is 35.5. The molecule has 0 aliphatic carbocycles. The Kier molecular flexibility index (Phi) is 6.29. The quantitative estimate of drug-likeness (QED) is 0.490. The molecule has 0 saturated carbocycles. The number of carbonyl (C=O) groups is 1. The van der Waals surface area contributed by atoms with Crippen molar-refractivity contribution in [3.63, 3.8) is 0 Å². The lowest BCUT2D eigenvalue weighted by molar-refractivity contribution is 0.0813. The van der Waals surface area contributed by atoms with Crippen molar-refractivity contribution in [2.24, 2.45) is 0 Å². The van der Waals surface area contributed by atoms with Gasteiger partial charge in [-0.25, -0.2) is 9.69 Å². The van der Waals surface area contributed by atoms with Crippen LogP contribution in [-0.2, 0) is 11.3 Å². The largest absolute Gasteiger partial charge is 0.372 e. The predicted molar refractivity (Wildman–Crippen MR) is 129 cm³/mol. The van der Waals surface area contributed by atoms with Gasteiger partial charge in [-0.2, -0.15) is 5.10 Å². The zero-order chi connectivity index (χ0) is 22.2. The molecule has 0 radical (unpaired) electrons. The normalized spacial score (nSPS) is 17.7. The number of thiophene rings is 1. The third-order valence-electron chi connectivity index (χ3n) is 5.42. The summed E-state index contributed by atoms with van der Waals surface area (Å²) in [5, 5.41) is 7.60. The Morgan fingerprint density at radius 3 is 2.66 bits per heavy atom. The van der Waals surface area contributed by atoms with E-state index < -0.39 is 0 Å². The predicted octanol–water partition coefficient (Wildman–Crippen LogP) is 5.71. The van der Waals surface area contributed by atoms with Crippen LogP contribution in [0.3, 0.4) is 0 Å². The Morgan fingerprint density at radius 2 is 1.94 bits per heavy atom. The molecule has 6 nitrogen and oxygen atoms in total. The molecule has 10 heteroatoms. The topological polar surface area (TPSA) is 59.4 Å². The van der Waals surface area contributed by atoms with E-state index in [0.29, 0.717) is 32.4 Å². The first-order valence-corrected chi connectivity index (χ1v) is 12.1. The van der Waals surface area contributed by atoms with E-state index >= 15 is 0 Å². The number of aromatic nitrogens is 2. The van der Waals surface area contributed by atoms with Crippen LogP contribution in [0.25, 0.3) is 17.3 Å². The Labute approximate surface area is 204 Å². The molecule has 0 atom stereocenters. The number of fused-ring (bicyclic) bond motifs is 1. The number of hydrogen-bond donors (Lipinski definition) is 1. The zero-order valence-corrected chi connectivity index (χ0v) is 20.0. The maximum absolute atomic E-state index is 13.2. The van der Waals surface area contributed by atoms with E-state index in [1.54, 1.807) is 22.9 Å². The van der Waals surface area contributed by atoms with Crippen molar-refractivity contribution in [1.82, 2.24) is 20.2 Å². The number of nitrogens with zero attached hydrogens (tertiary/aromatic N) is 3. The van der Waals surface area contributed by atoms with Crippen molar-refractivity contribution in [2.75, 3.05) is 19.7 Å². The summed E-state index contributed by atoms with van der Waals surface area (Å²) in [5.74, 6) is -0.254. The van der Waals surface area contributed by atoms with Gasteiger partial charge in [0, 0.05) is 34.1 Å². The van der Waals surface area contributed by atoms with Gasteiger partial charge in [0.1, 0.15) is 0 Å². The van der Waals surface area contributed by atoms with E-state index in [4.69, 9.17) is 44.6 Å². The maximum atomic E-state index is 13.2. The Bertz CT molecular complexity index is 1210. The summed E-state index contributed by atoms with van der Waals surface area (Å²) in [7, 11) is 0. The number of nitrogens with one attached hydrogen (secondary N) is 1. The minimum absolute atomic E-state index is 0.254. The summed E-state index contributed by atoms with van der Waals surface area (Å²) in [6.07, 6.45) is 4.14. The van der Waals surface area contributed by atoms with Gasteiger partial charge in [0.05, 0.1) is 34.0 Å². The molecule has 1 N–H and O–H groups in total. The first-order valence-electron chi connectivity index (χ1n) is 10.2. The zero-order valence-electron chi connectivity index (χ0n) is 16.9. The fourth-order valence-electron chi connectivity index (χ4n) is 3.97. The summed E-state index contributed by atoms with van der Waals surface area (Å²) >= 11 is 20.2. The summed E-state index contributed by atoms with van der Waals surface area (Å²) in [6.45, 7) is 2.33. The lowest BCUT2D eigenvalue weighted by Crippen LogP contribution is -2.40. The number of ether oxygens (including phenoxy) is 1. The molecule has 32 heavy (non-hydrogen) atoms. The third kappa shape index (κ3) is 4.33. The molecule has 166 valence electrons. The van der Waals surface area contributed by atoms with Crippen molar-refractivity contribution in [3.8, 4) is 5.69 Å². The molecular weight excluding hydrogens is 491 g/mol. The molecular formula is C22H19Cl3N4O2S. The highest BCUT2D eigenvalue weighted by Gasteiger charge is 2.30. The van der Waals surface area contributed by atoms with Gasteiger partial charge in [-0.15, -0.1) is 11.3 Å². The Hall–Kier alpha value is -1.87. The monoisotopic (exact) mass is 508 g/mol. The number of amides is 1. The first kappa shape index (κ1) is 21.9. The van der Waals surface area contributed by atoms with Crippen molar-refractivity contribution < 1.29 is 9.53 Å². The van der Waals surface area contributed by atoms with Crippen molar-refractivity contribution in [1.29, 1.82) is 0 Å². The summed E-state index contributed by atoms with van der Waals surface area (Å²) in [5.41, 5.74) is 6.37. The van der Waals surface area contributed by atoms with Gasteiger partial charge >= 0.3 is 0 Å². The molecule has 1 amide bonds. The van der Waals surface area contributed by atoms with E-state index in [1.165, 1.54) is 11.3 Å². The average Bonchev–Trinajstić information content (AvgIpc) is 3.49. The second kappa shape index (κ2) is 9.17. The molecule has 1 aromatic carbocycles. The standard InChI is InChI=1S/C22H19Cl3N4O2S/c23-14-3-5-18(17(24)10-14)29-21-13(9-15-4-6-19(25)32-15)11-31-12-16(21)20(26-29)22(30)27-28-7-1-2-8-28/h3-6,9-10H,1-2,7-8,11-12H2,(H,27,30)/b13-9+. The fourth-order valence-corrected chi connectivity index (χ4v) is 5.49. The van der Waals surface area contributed by atoms with E-state index in [9.17, 15) is 4.79 Å². The number of hydrazine groups is 1. The third-order valence-corrected chi connectivity index (χ3v) is 7.14. The second-order valence-electron chi connectivity index (χ2n) is 7.62. The smallest absolute Gasteiger partial charge is 0.286 e. The van der Waals surface area contributed by atoms with Crippen LogP contribution in [0, 0.1) is 0 Å². The van der Waals surface area contributed by atoms with Crippen LogP contribution in [0.4, 0.5) is 0 Å². The molecule has 1 fully saturated rings. The summed E-state index contributed by atoms with van der Waals surface area (Å²) in [4.78, 5) is 14.1. The van der Waals surface area contributed by atoms with E-state index in [-0.39, 0.29) is 12.5 Å². The fraction of sp³-hybridized carbons (Fsp3) is 0.273. The van der Waals surface area contributed by atoms with Gasteiger partial charge in [-0.3, -0.25) is 10.2 Å². The van der Waals surface area contributed by atoms with Crippen molar-refractivity contribution >= 4 is 63.7 Å². The van der Waals surface area contributed by atoms with Crippen molar-refractivity contribution in [2.45, 2.75) is 19.4 Å². The molecule has 3 aromatic rings. The lowest BCUT2D eigenvalue weighted by atomic mass is 10.0. The van der Waals surface area contributed by atoms with Crippen LogP contribution in [-0.4, -0.2) is 40.4 Å². The highest BCUT2D eigenvalue weighted by Crippen LogP contribution is 2.36. The van der Waals surface area contributed by atoms with Gasteiger partial charge in [-0.1, -0.05) is 34.8 Å². The molecule has 1 saturated heterocycles. The SMILES string of the molecule is O=C(NN1CCCC1)c1nn(-c2ccc(Cl)cc2Cl)c2c1COC/C2=C\c1ccc(Cl)s1. The van der Waals surface area contributed by atoms with Gasteiger partial charge in [0.25, 0.3) is 5.91 Å². The number of rotatable bonds is 4. The summed E-state index contributed by atoms with van der Waals surface area (Å²) in [6, 6.07) is 9.02. The minimum atomic E-state index is -0.254. The molecule has 0 unspecified atom stereocenters. The van der Waals surface area contributed by atoms with Crippen LogP contribution in [0.15, 0.2) is 30.3 Å². The number of hydrogen-bond acceptors (Lipinski definition) is 5. The average molecular weight is 510 g/mol. The molecule has 2 aromatic heterocycles. The van der Waals surface area contributed by atoms with Crippen LogP contribution in [0.5, 0.6) is 0 Å². The van der Waals surface area contributed by atoms with Crippen molar-refractivity contribution in [3.05, 3.63) is 66.5 Å². The number of halogens is 3. The van der Waals surface area contributed by atoms with Crippen LogP contribution in [0.2, 0.25) is 14.4 Å². The van der Waals surface area contributed by atoms with E-state index in [1.807, 2.05) is 23.2 Å². The molecule has 4 heterocycles. The van der Waals surface area contributed by atoms with Gasteiger partial charge in [0.2, 0.25) is 0 Å². The van der Waals surface area contributed by atoms with Gasteiger partial charge in [0.15, 0.2) is 5.69 Å². The first-order chi connectivity index (χ1) is 15.5. The van der Waals surface area contributed by atoms with Crippen LogP contribution < -0.4 is 5.43 Å². The molecule has 2 aliphatic heterocycles. The minimum Gasteiger partial charge on any atom is -0.372 e. The summed E-state index contributed by atoms with van der Waals surface area (Å²) < 4.78 is 8.27. The highest BCUT2D eigenvalue weighted by molar-refractivity contribution is 7.17. The Morgan fingerprint density at radius 1 is 1.12 bits per heavy atom. The number of benzene rings is 1.